The van der Waals surface area contributed by atoms with Crippen molar-refractivity contribution in [2.75, 3.05) is 7.11 Å². The number of hydrogen-bond donors (Lipinski definition) is 0. The van der Waals surface area contributed by atoms with E-state index in [1.807, 2.05) is 34.5 Å². The Hall–Kier alpha value is -1.91. The summed E-state index contributed by atoms with van der Waals surface area (Å²) in [5.74, 6) is -0.389. The van der Waals surface area contributed by atoms with Crippen molar-refractivity contribution >= 4 is 40.2 Å². The summed E-state index contributed by atoms with van der Waals surface area (Å²) < 4.78 is 8.70. The maximum atomic E-state index is 12.1. The van der Waals surface area contributed by atoms with Crippen molar-refractivity contribution in [3.8, 4) is 0 Å². The van der Waals surface area contributed by atoms with Crippen LogP contribution in [0.2, 0.25) is 10.0 Å². The average molecular weight is 337 g/mol. The molecule has 0 unspecified atom stereocenters. The molecule has 1 aromatic carbocycles. The molecule has 0 bridgehead atoms. The number of benzene rings is 1. The highest BCUT2D eigenvalue weighted by atomic mass is 35.5. The number of fused-ring (bicyclic) bond motifs is 1. The smallest absolute Gasteiger partial charge is 0.354 e. The van der Waals surface area contributed by atoms with Gasteiger partial charge in [-0.05, 0) is 24.3 Å². The molecule has 22 heavy (non-hydrogen) atoms. The lowest BCUT2D eigenvalue weighted by molar-refractivity contribution is 0.0589. The lowest BCUT2D eigenvalue weighted by Gasteiger charge is -2.11. The van der Waals surface area contributed by atoms with Gasteiger partial charge in [0.2, 0.25) is 0 Å². The van der Waals surface area contributed by atoms with Gasteiger partial charge < -0.3 is 13.9 Å². The molecule has 0 N–H and O–H groups in total. The summed E-state index contributed by atoms with van der Waals surface area (Å²) in [5, 5.41) is 1.14. The van der Waals surface area contributed by atoms with Gasteiger partial charge in [-0.2, -0.15) is 0 Å². The summed E-state index contributed by atoms with van der Waals surface area (Å²) in [6.45, 7) is 0.399. The average Bonchev–Trinajstić information content (AvgIpc) is 3.03. The van der Waals surface area contributed by atoms with Gasteiger partial charge in [-0.15, -0.1) is 0 Å². The second kappa shape index (κ2) is 5.71. The van der Waals surface area contributed by atoms with Crippen LogP contribution in [0.3, 0.4) is 0 Å². The maximum Gasteiger partial charge on any atom is 0.354 e. The Labute approximate surface area is 137 Å². The van der Waals surface area contributed by atoms with E-state index in [4.69, 9.17) is 27.9 Å². The van der Waals surface area contributed by atoms with Crippen LogP contribution in [0.4, 0.5) is 0 Å². The van der Waals surface area contributed by atoms with Crippen LogP contribution in [0, 0.1) is 0 Å². The van der Waals surface area contributed by atoms with Crippen molar-refractivity contribution < 1.29 is 9.53 Å². The molecule has 0 fully saturated rings. The van der Waals surface area contributed by atoms with Crippen LogP contribution < -0.4 is 0 Å². The minimum Gasteiger partial charge on any atom is -0.464 e. The molecule has 3 aromatic rings. The Kier molecular flexibility index (Phi) is 3.89. The number of nitrogens with zero attached hydrogens (tertiary/aromatic N) is 2. The van der Waals surface area contributed by atoms with Gasteiger partial charge in [0.05, 0.1) is 24.7 Å². The molecule has 3 rings (SSSR count). The van der Waals surface area contributed by atoms with Gasteiger partial charge in [-0.1, -0.05) is 29.3 Å². The second-order valence-electron chi connectivity index (χ2n) is 5.00. The molecule has 0 saturated heterocycles. The van der Waals surface area contributed by atoms with E-state index in [2.05, 4.69) is 0 Å². The summed E-state index contributed by atoms with van der Waals surface area (Å²) in [6.07, 6.45) is 1.94. The summed E-state index contributed by atoms with van der Waals surface area (Å²) in [7, 11) is 3.29. The molecule has 0 saturated carbocycles. The number of carbonyl (C=O) groups is 1. The minimum absolute atomic E-state index is 0.389. The summed E-state index contributed by atoms with van der Waals surface area (Å²) in [5.41, 5.74) is 3.12. The molecule has 114 valence electrons. The fourth-order valence-corrected chi connectivity index (χ4v) is 3.07. The number of carbonyl (C=O) groups excluding carboxylic acids is 1. The third-order valence-corrected chi connectivity index (χ3v) is 4.43. The second-order valence-corrected chi connectivity index (χ2v) is 5.82. The van der Waals surface area contributed by atoms with E-state index in [1.165, 1.54) is 7.11 Å². The molecule has 2 aromatic heterocycles. The first-order valence-electron chi connectivity index (χ1n) is 6.68. The minimum atomic E-state index is -0.389. The molecule has 0 aliphatic carbocycles. The van der Waals surface area contributed by atoms with Crippen LogP contribution >= 0.6 is 23.2 Å². The number of hydrogen-bond acceptors (Lipinski definition) is 2. The topological polar surface area (TPSA) is 36.2 Å². The quantitative estimate of drug-likeness (QED) is 0.674. The Morgan fingerprint density at radius 2 is 1.86 bits per heavy atom. The van der Waals surface area contributed by atoms with Crippen LogP contribution in [0.5, 0.6) is 0 Å². The number of methoxy groups -OCH3 is 1. The van der Waals surface area contributed by atoms with E-state index in [-0.39, 0.29) is 5.97 Å². The maximum absolute atomic E-state index is 12.1. The van der Waals surface area contributed by atoms with Crippen LogP contribution in [0.1, 0.15) is 16.1 Å². The number of esters is 1. The third-order valence-electron chi connectivity index (χ3n) is 3.73. The highest BCUT2D eigenvalue weighted by molar-refractivity contribution is 6.36. The monoisotopic (exact) mass is 336 g/mol. The van der Waals surface area contributed by atoms with Crippen LogP contribution in [-0.4, -0.2) is 22.2 Å². The van der Waals surface area contributed by atoms with E-state index >= 15 is 0 Å². The third kappa shape index (κ3) is 2.38. The van der Waals surface area contributed by atoms with E-state index in [0.717, 1.165) is 16.6 Å². The van der Waals surface area contributed by atoms with Crippen LogP contribution in [-0.2, 0) is 18.3 Å². The predicted molar refractivity (Wildman–Crippen MR) is 87.8 cm³/mol. The molecule has 0 aliphatic heterocycles. The van der Waals surface area contributed by atoms with E-state index in [9.17, 15) is 4.79 Å². The largest absolute Gasteiger partial charge is 0.464 e. The van der Waals surface area contributed by atoms with Crippen molar-refractivity contribution in [1.29, 1.82) is 0 Å². The van der Waals surface area contributed by atoms with Crippen LogP contribution in [0.25, 0.3) is 11.0 Å². The van der Waals surface area contributed by atoms with Crippen molar-refractivity contribution in [2.24, 2.45) is 7.05 Å². The highest BCUT2D eigenvalue weighted by Crippen LogP contribution is 2.29. The first kappa shape index (κ1) is 15.0. The Morgan fingerprint density at radius 1 is 1.18 bits per heavy atom. The molecule has 0 amide bonds. The van der Waals surface area contributed by atoms with Gasteiger partial charge in [-0.3, -0.25) is 0 Å². The molecular formula is C16H14Cl2N2O2. The predicted octanol–water partition coefficient (Wildman–Crippen LogP) is 4.12. The van der Waals surface area contributed by atoms with E-state index < -0.39 is 0 Å². The Balaban J connectivity index is 2.18. The normalized spacial score (nSPS) is 11.1. The Bertz CT molecular complexity index is 844. The van der Waals surface area contributed by atoms with E-state index in [1.54, 1.807) is 18.2 Å². The fourth-order valence-electron chi connectivity index (χ4n) is 2.56. The molecule has 2 heterocycles. The van der Waals surface area contributed by atoms with Crippen molar-refractivity contribution in [3.05, 3.63) is 57.8 Å². The fraction of sp³-hybridized carbons (Fsp3) is 0.188. The van der Waals surface area contributed by atoms with Gasteiger partial charge >= 0.3 is 5.97 Å². The standard InChI is InChI=1S/C16H14Cl2N2O2/c1-19-7-6-13-14(19)8-15(16(21)22-2)20(13)9-10-11(17)4-3-5-12(10)18/h3-8H,9H2,1-2H3. The molecule has 0 atom stereocenters. The Morgan fingerprint density at radius 3 is 2.50 bits per heavy atom. The number of halogens is 2. The number of rotatable bonds is 3. The first-order valence-corrected chi connectivity index (χ1v) is 7.44. The van der Waals surface area contributed by atoms with E-state index in [0.29, 0.717) is 22.3 Å². The molecular weight excluding hydrogens is 323 g/mol. The molecule has 4 nitrogen and oxygen atoms in total. The summed E-state index contributed by atoms with van der Waals surface area (Å²) >= 11 is 12.5. The van der Waals surface area contributed by atoms with Gasteiger partial charge in [0, 0.05) is 28.9 Å². The van der Waals surface area contributed by atoms with Crippen molar-refractivity contribution in [2.45, 2.75) is 6.54 Å². The van der Waals surface area contributed by atoms with Gasteiger partial charge in [0.15, 0.2) is 0 Å². The molecule has 0 aliphatic rings. The van der Waals surface area contributed by atoms with Crippen LogP contribution in [0.15, 0.2) is 36.5 Å². The van der Waals surface area contributed by atoms with Gasteiger partial charge in [0.25, 0.3) is 0 Å². The summed E-state index contributed by atoms with van der Waals surface area (Å²) in [6, 6.07) is 9.13. The number of aryl methyl sites for hydroxylation is 1. The molecule has 0 radical (unpaired) electrons. The van der Waals surface area contributed by atoms with Gasteiger partial charge in [0.1, 0.15) is 5.69 Å². The summed E-state index contributed by atoms with van der Waals surface area (Å²) in [4.78, 5) is 12.1. The number of ether oxygens (including phenoxy) is 1. The zero-order valence-corrected chi connectivity index (χ0v) is 13.6. The zero-order chi connectivity index (χ0) is 15.9. The van der Waals surface area contributed by atoms with Gasteiger partial charge in [-0.25, -0.2) is 4.79 Å². The number of aromatic nitrogens is 2. The van der Waals surface area contributed by atoms with Crippen molar-refractivity contribution in [3.63, 3.8) is 0 Å². The lowest BCUT2D eigenvalue weighted by Crippen LogP contribution is -2.11. The highest BCUT2D eigenvalue weighted by Gasteiger charge is 2.19. The SMILES string of the molecule is COC(=O)c1cc2c(ccn2C)n1Cc1c(Cl)cccc1Cl. The molecule has 6 heteroatoms. The lowest BCUT2D eigenvalue weighted by atomic mass is 10.2. The van der Waals surface area contributed by atoms with Crippen molar-refractivity contribution in [1.82, 2.24) is 9.13 Å². The molecule has 0 spiro atoms. The zero-order valence-electron chi connectivity index (χ0n) is 12.1. The first-order chi connectivity index (χ1) is 10.5.